The highest BCUT2D eigenvalue weighted by molar-refractivity contribution is 9.10. The highest BCUT2D eigenvalue weighted by Crippen LogP contribution is 2.37. The van der Waals surface area contributed by atoms with E-state index in [1.165, 1.54) is 11.8 Å². The van der Waals surface area contributed by atoms with Crippen LogP contribution in [0.25, 0.3) is 0 Å². The predicted octanol–water partition coefficient (Wildman–Crippen LogP) is 7.30. The zero-order valence-corrected chi connectivity index (χ0v) is 20.8. The molecule has 1 unspecified atom stereocenters. The molecule has 4 nitrogen and oxygen atoms in total. The molecule has 6 heteroatoms. The Morgan fingerprint density at radius 2 is 1.59 bits per heavy atom. The van der Waals surface area contributed by atoms with Crippen LogP contribution in [-0.4, -0.2) is 11.8 Å². The van der Waals surface area contributed by atoms with Crippen LogP contribution in [0.15, 0.2) is 88.2 Å². The first-order valence-corrected chi connectivity index (χ1v) is 12.1. The summed E-state index contributed by atoms with van der Waals surface area (Å²) in [7, 11) is 0. The highest BCUT2D eigenvalue weighted by atomic mass is 79.9. The SMILES string of the molecule is CC(C)(C)CC(=O)Nc1cccc(SC(C(=O)Nc2ccccc2Br)c2ccccc2)c1. The van der Waals surface area contributed by atoms with Gasteiger partial charge in [-0.3, -0.25) is 9.59 Å². The molecule has 0 heterocycles. The van der Waals surface area contributed by atoms with Crippen LogP contribution >= 0.6 is 27.7 Å². The molecule has 0 spiro atoms. The third kappa shape index (κ3) is 7.24. The van der Waals surface area contributed by atoms with Gasteiger partial charge in [-0.2, -0.15) is 0 Å². The smallest absolute Gasteiger partial charge is 0.242 e. The van der Waals surface area contributed by atoms with E-state index in [1.807, 2.05) is 99.6 Å². The summed E-state index contributed by atoms with van der Waals surface area (Å²) < 4.78 is 0.828. The number of rotatable bonds is 7. The average molecular weight is 511 g/mol. The number of para-hydroxylation sites is 1. The van der Waals surface area contributed by atoms with Crippen LogP contribution in [0.5, 0.6) is 0 Å². The number of benzene rings is 3. The molecular formula is C26H27BrN2O2S. The third-order valence-electron chi connectivity index (χ3n) is 4.53. The number of carbonyl (C=O) groups excluding carboxylic acids is 2. The van der Waals surface area contributed by atoms with Crippen molar-refractivity contribution < 1.29 is 9.59 Å². The van der Waals surface area contributed by atoms with E-state index in [0.717, 1.165) is 26.3 Å². The maximum Gasteiger partial charge on any atom is 0.242 e. The van der Waals surface area contributed by atoms with E-state index in [9.17, 15) is 9.59 Å². The lowest BCUT2D eigenvalue weighted by Crippen LogP contribution is -2.20. The van der Waals surface area contributed by atoms with E-state index in [2.05, 4.69) is 26.6 Å². The Hall–Kier alpha value is -2.57. The Balaban J connectivity index is 1.80. The minimum absolute atomic E-state index is 0.0223. The normalized spacial score (nSPS) is 12.1. The number of amides is 2. The van der Waals surface area contributed by atoms with Crippen molar-refractivity contribution >= 4 is 50.9 Å². The van der Waals surface area contributed by atoms with Crippen LogP contribution < -0.4 is 10.6 Å². The number of nitrogens with one attached hydrogen (secondary N) is 2. The van der Waals surface area contributed by atoms with Crippen LogP contribution in [0, 0.1) is 5.41 Å². The fraction of sp³-hybridized carbons (Fsp3) is 0.231. The van der Waals surface area contributed by atoms with E-state index in [0.29, 0.717) is 6.42 Å². The van der Waals surface area contributed by atoms with Crippen molar-refractivity contribution in [1.29, 1.82) is 0 Å². The largest absolute Gasteiger partial charge is 0.326 e. The molecule has 3 rings (SSSR count). The maximum absolute atomic E-state index is 13.3. The monoisotopic (exact) mass is 510 g/mol. The molecule has 0 radical (unpaired) electrons. The standard InChI is InChI=1S/C26H27BrN2O2S/c1-26(2,3)17-23(30)28-19-12-9-13-20(16-19)32-24(18-10-5-4-6-11-18)25(31)29-22-15-8-7-14-21(22)27/h4-16,24H,17H2,1-3H3,(H,28,30)(H,29,31). The van der Waals surface area contributed by atoms with Crippen LogP contribution in [0.4, 0.5) is 11.4 Å². The van der Waals surface area contributed by atoms with Gasteiger partial charge in [0, 0.05) is 21.5 Å². The summed E-state index contributed by atoms with van der Waals surface area (Å²) >= 11 is 4.94. The zero-order chi connectivity index (χ0) is 23.1. The Bertz CT molecular complexity index is 1080. The van der Waals surface area contributed by atoms with Crippen LogP contribution in [0.2, 0.25) is 0 Å². The van der Waals surface area contributed by atoms with Gasteiger partial charge in [0.25, 0.3) is 0 Å². The second-order valence-electron chi connectivity index (χ2n) is 8.69. The van der Waals surface area contributed by atoms with Gasteiger partial charge in [0.15, 0.2) is 0 Å². The molecule has 0 saturated heterocycles. The van der Waals surface area contributed by atoms with Crippen molar-refractivity contribution in [2.45, 2.75) is 37.3 Å². The summed E-state index contributed by atoms with van der Waals surface area (Å²) in [6.45, 7) is 6.10. The molecule has 0 fully saturated rings. The topological polar surface area (TPSA) is 58.2 Å². The Morgan fingerprint density at radius 3 is 2.28 bits per heavy atom. The fourth-order valence-corrected chi connectivity index (χ4v) is 4.60. The zero-order valence-electron chi connectivity index (χ0n) is 18.4. The average Bonchev–Trinajstić information content (AvgIpc) is 2.73. The summed E-state index contributed by atoms with van der Waals surface area (Å²) in [5.41, 5.74) is 2.27. The molecule has 0 aliphatic heterocycles. The number of thioether (sulfide) groups is 1. The van der Waals surface area contributed by atoms with Gasteiger partial charge >= 0.3 is 0 Å². The first kappa shape index (κ1) is 24.1. The van der Waals surface area contributed by atoms with E-state index in [-0.39, 0.29) is 17.2 Å². The van der Waals surface area contributed by atoms with Crippen molar-refractivity contribution in [3.05, 3.63) is 88.9 Å². The maximum atomic E-state index is 13.3. The van der Waals surface area contributed by atoms with Crippen LogP contribution in [0.1, 0.15) is 38.0 Å². The molecular weight excluding hydrogens is 484 g/mol. The van der Waals surface area contributed by atoms with Gasteiger partial charge < -0.3 is 10.6 Å². The van der Waals surface area contributed by atoms with Gasteiger partial charge in [0.1, 0.15) is 5.25 Å². The van der Waals surface area contributed by atoms with Gasteiger partial charge in [-0.25, -0.2) is 0 Å². The van der Waals surface area contributed by atoms with Crippen molar-refractivity contribution in [3.63, 3.8) is 0 Å². The Kier molecular flexibility index (Phi) is 8.15. The molecule has 3 aromatic rings. The lowest BCUT2D eigenvalue weighted by molar-refractivity contribution is -0.118. The van der Waals surface area contributed by atoms with Crippen LogP contribution in [-0.2, 0) is 9.59 Å². The van der Waals surface area contributed by atoms with Crippen molar-refractivity contribution in [2.24, 2.45) is 5.41 Å². The molecule has 0 aliphatic carbocycles. The molecule has 32 heavy (non-hydrogen) atoms. The van der Waals surface area contributed by atoms with Gasteiger partial charge in [0.05, 0.1) is 5.69 Å². The van der Waals surface area contributed by atoms with Gasteiger partial charge in [-0.05, 0) is 57.2 Å². The number of halogens is 1. The third-order valence-corrected chi connectivity index (χ3v) is 6.47. The number of anilines is 2. The van der Waals surface area contributed by atoms with E-state index >= 15 is 0 Å². The fourth-order valence-electron chi connectivity index (χ4n) is 3.13. The Labute approximate surface area is 202 Å². The number of carbonyl (C=O) groups is 2. The predicted molar refractivity (Wildman–Crippen MR) is 137 cm³/mol. The van der Waals surface area contributed by atoms with Crippen molar-refractivity contribution in [3.8, 4) is 0 Å². The van der Waals surface area contributed by atoms with Gasteiger partial charge in [-0.1, -0.05) is 69.3 Å². The van der Waals surface area contributed by atoms with E-state index in [4.69, 9.17) is 0 Å². The highest BCUT2D eigenvalue weighted by Gasteiger charge is 2.23. The van der Waals surface area contributed by atoms with Crippen LogP contribution in [0.3, 0.4) is 0 Å². The second kappa shape index (κ2) is 10.8. The van der Waals surface area contributed by atoms with E-state index < -0.39 is 5.25 Å². The molecule has 2 amide bonds. The minimum Gasteiger partial charge on any atom is -0.326 e. The molecule has 0 bridgehead atoms. The summed E-state index contributed by atoms with van der Waals surface area (Å²) in [4.78, 5) is 26.5. The molecule has 166 valence electrons. The van der Waals surface area contributed by atoms with Gasteiger partial charge in [-0.15, -0.1) is 11.8 Å². The molecule has 3 aromatic carbocycles. The van der Waals surface area contributed by atoms with Crippen molar-refractivity contribution in [2.75, 3.05) is 10.6 Å². The lowest BCUT2D eigenvalue weighted by atomic mass is 9.92. The first-order valence-electron chi connectivity index (χ1n) is 10.4. The summed E-state index contributed by atoms with van der Waals surface area (Å²) in [5, 5.41) is 5.54. The van der Waals surface area contributed by atoms with E-state index in [1.54, 1.807) is 0 Å². The molecule has 1 atom stereocenters. The first-order chi connectivity index (χ1) is 15.2. The number of hydrogen-bond acceptors (Lipinski definition) is 3. The lowest BCUT2D eigenvalue weighted by Gasteiger charge is -2.19. The molecule has 0 saturated carbocycles. The number of hydrogen-bond donors (Lipinski definition) is 2. The second-order valence-corrected chi connectivity index (χ2v) is 10.7. The Morgan fingerprint density at radius 1 is 0.906 bits per heavy atom. The molecule has 0 aliphatic rings. The molecule has 2 N–H and O–H groups in total. The van der Waals surface area contributed by atoms with Gasteiger partial charge in [0.2, 0.25) is 11.8 Å². The van der Waals surface area contributed by atoms with Crippen molar-refractivity contribution in [1.82, 2.24) is 0 Å². The molecule has 0 aromatic heterocycles. The summed E-state index contributed by atoms with van der Waals surface area (Å²) in [6.07, 6.45) is 0.436. The summed E-state index contributed by atoms with van der Waals surface area (Å²) in [6, 6.07) is 24.8. The quantitative estimate of drug-likeness (QED) is 0.328. The minimum atomic E-state index is -0.455. The summed E-state index contributed by atoms with van der Waals surface area (Å²) in [5.74, 6) is -0.138.